The van der Waals surface area contributed by atoms with Crippen LogP contribution in [0.3, 0.4) is 0 Å². The first-order chi connectivity index (χ1) is 12.4. The molecule has 6 nitrogen and oxygen atoms in total. The maximum Gasteiger partial charge on any atom is 0.240 e. The second-order valence-corrected chi connectivity index (χ2v) is 8.60. The number of thioether (sulfide) groups is 1. The number of hydrogen-bond acceptors (Lipinski definition) is 5. The summed E-state index contributed by atoms with van der Waals surface area (Å²) in [4.78, 5) is 12.0. The molecule has 26 heavy (non-hydrogen) atoms. The zero-order valence-electron chi connectivity index (χ0n) is 14.4. The van der Waals surface area contributed by atoms with Gasteiger partial charge in [-0.1, -0.05) is 6.07 Å². The van der Waals surface area contributed by atoms with Crippen molar-refractivity contribution in [1.82, 2.24) is 5.32 Å². The van der Waals surface area contributed by atoms with E-state index in [0.29, 0.717) is 6.54 Å². The highest BCUT2D eigenvalue weighted by Gasteiger charge is 2.20. The number of carbonyl (C=O) groups is 1. The van der Waals surface area contributed by atoms with Gasteiger partial charge in [-0.2, -0.15) is 11.8 Å². The molecule has 1 amide bonds. The molecule has 0 spiro atoms. The lowest BCUT2D eigenvalue weighted by Gasteiger charge is -2.21. The van der Waals surface area contributed by atoms with Crippen LogP contribution in [0.4, 0.5) is 10.1 Å². The topological polar surface area (TPSA) is 79.6 Å². The first kappa shape index (κ1) is 20.3. The largest absolute Gasteiger partial charge is 0.468 e. The fourth-order valence-corrected chi connectivity index (χ4v) is 3.89. The predicted molar refractivity (Wildman–Crippen MR) is 101 cm³/mol. The normalized spacial score (nSPS) is 11.3. The average molecular weight is 400 g/mol. The highest BCUT2D eigenvalue weighted by molar-refractivity contribution is 7.98. The number of hydrogen-bond donors (Lipinski definition) is 1. The number of sulfonamides is 1. The molecule has 0 aliphatic heterocycles. The second kappa shape index (κ2) is 9.63. The molecule has 0 radical (unpaired) electrons. The van der Waals surface area contributed by atoms with Gasteiger partial charge in [0.1, 0.15) is 18.1 Å². The van der Waals surface area contributed by atoms with Crippen molar-refractivity contribution in [2.45, 2.75) is 12.2 Å². The van der Waals surface area contributed by atoms with Crippen LogP contribution in [0.15, 0.2) is 47.1 Å². The van der Waals surface area contributed by atoms with Crippen molar-refractivity contribution in [2.24, 2.45) is 0 Å². The van der Waals surface area contributed by atoms with Crippen LogP contribution < -0.4 is 9.62 Å². The maximum absolute atomic E-state index is 13.3. The highest BCUT2D eigenvalue weighted by Crippen LogP contribution is 2.18. The van der Waals surface area contributed by atoms with Crippen molar-refractivity contribution in [3.8, 4) is 0 Å². The molecule has 0 bridgehead atoms. The molecule has 1 aromatic heterocycles. The third-order valence-corrected chi connectivity index (χ3v) is 5.60. The summed E-state index contributed by atoms with van der Waals surface area (Å²) in [5.74, 6) is 1.50. The molecule has 0 unspecified atom stereocenters. The summed E-state index contributed by atoms with van der Waals surface area (Å²) in [6.45, 7) is 0.0482. The van der Waals surface area contributed by atoms with Crippen molar-refractivity contribution >= 4 is 33.4 Å². The van der Waals surface area contributed by atoms with E-state index in [4.69, 9.17) is 4.42 Å². The van der Waals surface area contributed by atoms with Crippen molar-refractivity contribution in [3.63, 3.8) is 0 Å². The first-order valence-electron chi connectivity index (χ1n) is 7.96. The molecule has 1 heterocycles. The number of benzene rings is 1. The van der Waals surface area contributed by atoms with E-state index >= 15 is 0 Å². The van der Waals surface area contributed by atoms with Crippen LogP contribution in [0.1, 0.15) is 12.2 Å². The number of nitrogens with zero attached hydrogens (tertiary/aromatic N) is 1. The van der Waals surface area contributed by atoms with E-state index in [2.05, 4.69) is 5.32 Å². The highest BCUT2D eigenvalue weighted by atomic mass is 32.2. The number of amides is 1. The zero-order valence-corrected chi connectivity index (χ0v) is 16.0. The minimum atomic E-state index is -3.70. The van der Waals surface area contributed by atoms with E-state index < -0.39 is 21.7 Å². The molecule has 1 aromatic carbocycles. The Bertz CT molecular complexity index is 810. The Kier molecular flexibility index (Phi) is 7.52. The molecule has 2 rings (SSSR count). The lowest BCUT2D eigenvalue weighted by atomic mass is 10.3. The third kappa shape index (κ3) is 6.72. The van der Waals surface area contributed by atoms with Crippen LogP contribution in [0.2, 0.25) is 0 Å². The quantitative estimate of drug-likeness (QED) is 0.620. The molecular formula is C17H21FN2O4S2. The summed E-state index contributed by atoms with van der Waals surface area (Å²) in [6, 6.07) is 8.88. The summed E-state index contributed by atoms with van der Waals surface area (Å²) >= 11 is 1.69. The minimum absolute atomic E-state index is 0.122. The van der Waals surface area contributed by atoms with E-state index in [1.807, 2.05) is 12.1 Å². The van der Waals surface area contributed by atoms with Crippen molar-refractivity contribution in [2.75, 3.05) is 29.4 Å². The Balaban J connectivity index is 1.77. The third-order valence-electron chi connectivity index (χ3n) is 3.40. The molecule has 0 saturated heterocycles. The Morgan fingerprint density at radius 3 is 2.77 bits per heavy atom. The molecular weight excluding hydrogens is 379 g/mol. The Labute approximate surface area is 156 Å². The standard InChI is InChI=1S/C17H21FN2O4S2/c1-26(22,23)20(15-6-2-5-14(18)11-15)12-17(21)19-8-4-10-25-13-16-7-3-9-24-16/h2-3,5-7,9,11H,4,8,10,12-13H2,1H3,(H,19,21). The van der Waals surface area contributed by atoms with Crippen LogP contribution in [0.5, 0.6) is 0 Å². The lowest BCUT2D eigenvalue weighted by Crippen LogP contribution is -2.40. The van der Waals surface area contributed by atoms with Crippen LogP contribution in [-0.4, -0.2) is 39.4 Å². The van der Waals surface area contributed by atoms with Gasteiger partial charge in [0, 0.05) is 6.54 Å². The van der Waals surface area contributed by atoms with Crippen molar-refractivity contribution in [1.29, 1.82) is 0 Å². The van der Waals surface area contributed by atoms with Gasteiger partial charge in [0.25, 0.3) is 0 Å². The number of nitrogens with one attached hydrogen (secondary N) is 1. The SMILES string of the molecule is CS(=O)(=O)N(CC(=O)NCCCSCc1ccco1)c1cccc(F)c1. The van der Waals surface area contributed by atoms with Gasteiger partial charge >= 0.3 is 0 Å². The van der Waals surface area contributed by atoms with Gasteiger partial charge < -0.3 is 9.73 Å². The summed E-state index contributed by atoms with van der Waals surface area (Å²) in [6.07, 6.45) is 3.36. The summed E-state index contributed by atoms with van der Waals surface area (Å²) < 4.78 is 43.3. The van der Waals surface area contributed by atoms with E-state index in [1.165, 1.54) is 18.2 Å². The van der Waals surface area contributed by atoms with Crippen LogP contribution in [0.25, 0.3) is 0 Å². The van der Waals surface area contributed by atoms with E-state index in [9.17, 15) is 17.6 Å². The summed E-state index contributed by atoms with van der Waals surface area (Å²) in [5, 5.41) is 2.69. The van der Waals surface area contributed by atoms with E-state index in [0.717, 1.165) is 40.3 Å². The number of rotatable bonds is 10. The molecule has 0 atom stereocenters. The molecule has 142 valence electrons. The van der Waals surface area contributed by atoms with Gasteiger partial charge in [0.2, 0.25) is 15.9 Å². The second-order valence-electron chi connectivity index (χ2n) is 5.58. The number of halogens is 1. The molecule has 2 aromatic rings. The van der Waals surface area contributed by atoms with E-state index in [-0.39, 0.29) is 12.2 Å². The fraction of sp³-hybridized carbons (Fsp3) is 0.353. The van der Waals surface area contributed by atoms with Crippen LogP contribution in [0, 0.1) is 5.82 Å². The first-order valence-corrected chi connectivity index (χ1v) is 11.0. The molecule has 1 N–H and O–H groups in total. The van der Waals surface area contributed by atoms with Crippen LogP contribution >= 0.6 is 11.8 Å². The van der Waals surface area contributed by atoms with Gasteiger partial charge in [-0.15, -0.1) is 0 Å². The number of furan rings is 1. The lowest BCUT2D eigenvalue weighted by molar-refractivity contribution is -0.119. The maximum atomic E-state index is 13.3. The van der Waals surface area contributed by atoms with E-state index in [1.54, 1.807) is 18.0 Å². The smallest absolute Gasteiger partial charge is 0.240 e. The summed E-state index contributed by atoms with van der Waals surface area (Å²) in [7, 11) is -3.70. The Morgan fingerprint density at radius 1 is 1.31 bits per heavy atom. The predicted octanol–water partition coefficient (Wildman–Crippen LogP) is 2.62. The zero-order chi connectivity index (χ0) is 19.0. The molecule has 9 heteroatoms. The average Bonchev–Trinajstić information content (AvgIpc) is 3.08. The number of anilines is 1. The van der Waals surface area contributed by atoms with Gasteiger partial charge in [-0.05, 0) is 42.5 Å². The molecule has 0 saturated carbocycles. The molecule has 0 fully saturated rings. The van der Waals surface area contributed by atoms with Crippen molar-refractivity contribution < 1.29 is 22.0 Å². The fourth-order valence-electron chi connectivity index (χ4n) is 2.19. The molecule has 0 aliphatic carbocycles. The van der Waals surface area contributed by atoms with Gasteiger partial charge in [0.05, 0.1) is 24.0 Å². The Morgan fingerprint density at radius 2 is 2.12 bits per heavy atom. The van der Waals surface area contributed by atoms with Gasteiger partial charge in [-0.25, -0.2) is 12.8 Å². The van der Waals surface area contributed by atoms with Gasteiger partial charge in [0.15, 0.2) is 0 Å². The monoisotopic (exact) mass is 400 g/mol. The summed E-state index contributed by atoms with van der Waals surface area (Å²) in [5.41, 5.74) is 0.122. The number of carbonyl (C=O) groups excluding carboxylic acids is 1. The minimum Gasteiger partial charge on any atom is -0.468 e. The Hall–Kier alpha value is -2.00. The van der Waals surface area contributed by atoms with Crippen LogP contribution in [-0.2, 0) is 20.6 Å². The van der Waals surface area contributed by atoms with Crippen molar-refractivity contribution in [3.05, 3.63) is 54.2 Å². The molecule has 0 aliphatic rings. The van der Waals surface area contributed by atoms with Gasteiger partial charge in [-0.3, -0.25) is 9.10 Å².